The molecule has 0 saturated carbocycles. The van der Waals surface area contributed by atoms with Crippen LogP contribution < -0.4 is 13.9 Å². The van der Waals surface area contributed by atoms with E-state index in [9.17, 15) is 4.39 Å². The van der Waals surface area contributed by atoms with Crippen molar-refractivity contribution in [3.8, 4) is 17.3 Å². The average molecular weight is 676 g/mol. The molecule has 0 bridgehead atoms. The molecule has 2 aromatic heterocycles. The molecule has 5 nitrogen and oxygen atoms in total. The van der Waals surface area contributed by atoms with Crippen LogP contribution in [0.5, 0.6) is 11.5 Å². The van der Waals surface area contributed by atoms with E-state index in [1.165, 1.54) is 6.07 Å². The number of aromatic nitrogens is 2. The van der Waals surface area contributed by atoms with Crippen LogP contribution in [0.25, 0.3) is 27.6 Å². The van der Waals surface area contributed by atoms with E-state index in [2.05, 4.69) is 70.3 Å². The Morgan fingerprint density at radius 3 is 2.20 bits per heavy atom. The van der Waals surface area contributed by atoms with Crippen LogP contribution in [0.3, 0.4) is 0 Å². The maximum atomic E-state index is 14.6. The number of aryl methyl sites for hydroxylation is 1. The Morgan fingerprint density at radius 2 is 1.41 bits per heavy atom. The van der Waals surface area contributed by atoms with Gasteiger partial charge in [0.2, 0.25) is 11.4 Å². The van der Waals surface area contributed by atoms with Gasteiger partial charge in [-0.15, -0.1) is 0 Å². The molecule has 0 fully saturated rings. The Bertz CT molecular complexity index is 2710. The van der Waals surface area contributed by atoms with Crippen molar-refractivity contribution in [1.29, 1.82) is 0 Å². The molecule has 5 aromatic carbocycles. The first-order valence-corrected chi connectivity index (χ1v) is 17.2. The third-order valence-electron chi connectivity index (χ3n) is 9.50. The second-order valence-corrected chi connectivity index (χ2v) is 15.2. The largest absolute Gasteiger partial charge is 0.503 e. The van der Waals surface area contributed by atoms with E-state index in [1.54, 1.807) is 24.3 Å². The van der Waals surface area contributed by atoms with Gasteiger partial charge in [0.05, 0.1) is 17.1 Å². The van der Waals surface area contributed by atoms with Gasteiger partial charge in [0.15, 0.2) is 0 Å². The summed E-state index contributed by atoms with van der Waals surface area (Å²) in [5.74, 6) is 1.60. The van der Waals surface area contributed by atoms with Gasteiger partial charge in [-0.25, -0.2) is 9.37 Å². The van der Waals surface area contributed by atoms with Crippen molar-refractivity contribution in [2.24, 2.45) is 0 Å². The maximum Gasteiger partial charge on any atom is 0.503 e. The lowest BCUT2D eigenvalue weighted by Crippen LogP contribution is -2.12. The Balaban J connectivity index is 1.24. The lowest BCUT2D eigenvalue weighted by molar-refractivity contribution is 0.483. The third-order valence-corrected chi connectivity index (χ3v) is 9.50. The van der Waals surface area contributed by atoms with Crippen molar-refractivity contribution in [2.75, 3.05) is 0 Å². The standard InChI is InChI=1S/C45H41FN4O/c1-29-11-8-16-40-43(29)49(33-13-9-12-30(23-33)44(2,3)4)28-48(40)34-14-10-15-35(26-34)51-36-18-19-37-38-25-32(46)17-20-39(38)50(41(37)27-36)42-24-31(21-22-47-42)45(5,6)7/h8-27H,1-7H3/q+2/i1D3. The number of pyridine rings is 1. The Kier molecular flexibility index (Phi) is 6.75. The minimum absolute atomic E-state index is 0.0889. The topological polar surface area (TPSA) is 33.1 Å². The highest BCUT2D eigenvalue weighted by Crippen LogP contribution is 2.41. The number of benzene rings is 5. The minimum atomic E-state index is -2.34. The number of nitrogens with zero attached hydrogens (tertiary/aromatic N) is 4. The van der Waals surface area contributed by atoms with Crippen LogP contribution in [-0.4, -0.2) is 15.6 Å². The fraction of sp³-hybridized carbons (Fsp3) is 0.200. The molecular formula is C45H41FN4O+2. The van der Waals surface area contributed by atoms with Gasteiger partial charge in [-0.1, -0.05) is 71.9 Å². The number of rotatable bonds is 5. The first kappa shape index (κ1) is 28.9. The van der Waals surface area contributed by atoms with Gasteiger partial charge in [0.25, 0.3) is 5.69 Å². The fourth-order valence-corrected chi connectivity index (χ4v) is 6.76. The zero-order valence-electron chi connectivity index (χ0n) is 32.6. The van der Waals surface area contributed by atoms with Crippen molar-refractivity contribution in [3.63, 3.8) is 0 Å². The Morgan fingerprint density at radius 1 is 0.686 bits per heavy atom. The SMILES string of the molecule is [2H]C([2H])([2H])c1cccc2c1[N+](c1cccc(C(C)(C)C)c1)=C=[N+]2c1cccc(Oc2ccc3c4cc(F)ccc4n(-c4cc(C(C)(C)C)ccn4)c3c2)c1. The summed E-state index contributed by atoms with van der Waals surface area (Å²) < 4.78 is 52.1. The minimum Gasteiger partial charge on any atom is -0.457 e. The van der Waals surface area contributed by atoms with E-state index in [0.29, 0.717) is 22.9 Å². The van der Waals surface area contributed by atoms with Crippen molar-refractivity contribution in [1.82, 2.24) is 18.7 Å². The van der Waals surface area contributed by atoms with Crippen molar-refractivity contribution >= 4 is 50.6 Å². The molecule has 0 aliphatic carbocycles. The van der Waals surface area contributed by atoms with Crippen LogP contribution in [0.2, 0.25) is 0 Å². The van der Waals surface area contributed by atoms with Gasteiger partial charge in [0, 0.05) is 57.0 Å². The van der Waals surface area contributed by atoms with Gasteiger partial charge >= 0.3 is 11.7 Å². The Labute approximate surface area is 302 Å². The zero-order chi connectivity index (χ0) is 38.2. The van der Waals surface area contributed by atoms with Gasteiger partial charge in [-0.3, -0.25) is 4.57 Å². The molecule has 1 aliphatic heterocycles. The molecule has 8 rings (SSSR count). The molecule has 0 saturated heterocycles. The summed E-state index contributed by atoms with van der Waals surface area (Å²) in [6.07, 6.45) is 1.82. The van der Waals surface area contributed by atoms with Crippen LogP contribution in [-0.2, 0) is 10.8 Å². The second-order valence-electron chi connectivity index (χ2n) is 15.2. The fourth-order valence-electron chi connectivity index (χ4n) is 6.76. The molecule has 0 amide bonds. The summed E-state index contributed by atoms with van der Waals surface area (Å²) in [6.45, 7) is 10.6. The highest BCUT2D eigenvalue weighted by Gasteiger charge is 2.38. The van der Waals surface area contributed by atoms with E-state index in [-0.39, 0.29) is 22.2 Å². The van der Waals surface area contributed by atoms with Crippen molar-refractivity contribution < 1.29 is 13.2 Å². The van der Waals surface area contributed by atoms with E-state index in [4.69, 9.17) is 13.8 Å². The monoisotopic (exact) mass is 675 g/mol. The molecule has 252 valence electrons. The van der Waals surface area contributed by atoms with Crippen LogP contribution in [0, 0.1) is 12.7 Å². The summed E-state index contributed by atoms with van der Waals surface area (Å²) in [5.41, 5.74) is 6.83. The van der Waals surface area contributed by atoms with Crippen LogP contribution >= 0.6 is 0 Å². The highest BCUT2D eigenvalue weighted by molar-refractivity contribution is 6.09. The summed E-state index contributed by atoms with van der Waals surface area (Å²) in [7, 11) is 0. The lowest BCUT2D eigenvalue weighted by atomic mass is 9.87. The highest BCUT2D eigenvalue weighted by atomic mass is 19.1. The number of halogens is 1. The number of para-hydroxylation sites is 1. The normalized spacial score (nSPS) is 14.1. The second kappa shape index (κ2) is 11.9. The molecule has 0 spiro atoms. The number of ether oxygens (including phenoxy) is 1. The summed E-state index contributed by atoms with van der Waals surface area (Å²) >= 11 is 0. The summed E-state index contributed by atoms with van der Waals surface area (Å²) in [4.78, 5) is 4.75. The van der Waals surface area contributed by atoms with Gasteiger partial charge in [-0.05, 0) is 86.5 Å². The molecule has 1 aliphatic rings. The number of hydrogen-bond acceptors (Lipinski definition) is 2. The number of hydrogen-bond donors (Lipinski definition) is 0. The Hall–Kier alpha value is -5.84. The molecule has 6 heteroatoms. The predicted octanol–water partition coefficient (Wildman–Crippen LogP) is 11.9. The lowest BCUT2D eigenvalue weighted by Gasteiger charge is -2.20. The van der Waals surface area contributed by atoms with Crippen molar-refractivity contribution in [2.45, 2.75) is 59.2 Å². The summed E-state index contributed by atoms with van der Waals surface area (Å²) in [5, 5.41) is 1.67. The third kappa shape index (κ3) is 5.82. The van der Waals surface area contributed by atoms with E-state index in [0.717, 1.165) is 50.1 Å². The molecule has 0 N–H and O–H groups in total. The molecule has 3 heterocycles. The van der Waals surface area contributed by atoms with Crippen molar-refractivity contribution in [3.05, 3.63) is 144 Å². The number of fused-ring (bicyclic) bond motifs is 4. The van der Waals surface area contributed by atoms with Gasteiger partial charge in [0.1, 0.15) is 23.1 Å². The van der Waals surface area contributed by atoms with Gasteiger partial charge in [-0.2, -0.15) is 0 Å². The van der Waals surface area contributed by atoms with Crippen LogP contribution in [0.4, 0.5) is 27.1 Å². The molecule has 0 atom stereocenters. The molecule has 51 heavy (non-hydrogen) atoms. The quantitative estimate of drug-likeness (QED) is 0.170. The van der Waals surface area contributed by atoms with Crippen LogP contribution in [0.15, 0.2) is 121 Å². The van der Waals surface area contributed by atoms with E-state index < -0.39 is 6.85 Å². The zero-order valence-corrected chi connectivity index (χ0v) is 29.6. The first-order valence-electron chi connectivity index (χ1n) is 18.7. The average Bonchev–Trinajstić information content (AvgIpc) is 3.66. The molecular weight excluding hydrogens is 632 g/mol. The van der Waals surface area contributed by atoms with Gasteiger partial charge < -0.3 is 4.74 Å². The predicted molar refractivity (Wildman–Crippen MR) is 208 cm³/mol. The van der Waals surface area contributed by atoms with E-state index >= 15 is 0 Å². The smallest absolute Gasteiger partial charge is 0.457 e. The first-order chi connectivity index (χ1) is 25.6. The molecule has 0 unspecified atom stereocenters. The summed E-state index contributed by atoms with van der Waals surface area (Å²) in [6, 6.07) is 39.4. The molecule has 0 radical (unpaired) electrons. The van der Waals surface area contributed by atoms with E-state index in [1.807, 2.05) is 82.1 Å². The molecule has 7 aromatic rings. The van der Waals surface area contributed by atoms with Crippen LogP contribution in [0.1, 0.15) is 62.3 Å². The maximum absolute atomic E-state index is 14.6.